The van der Waals surface area contributed by atoms with Gasteiger partial charge in [-0.05, 0) is 24.6 Å². The summed E-state index contributed by atoms with van der Waals surface area (Å²) in [5.41, 5.74) is -0.107. The monoisotopic (exact) mass is 281 g/mol. The fourth-order valence-corrected chi connectivity index (χ4v) is 3.05. The predicted molar refractivity (Wildman–Crippen MR) is 60.4 cm³/mol. The van der Waals surface area contributed by atoms with Crippen LogP contribution >= 0.6 is 0 Å². The number of hydrogen-bond donors (Lipinski definition) is 3. The van der Waals surface area contributed by atoms with Crippen molar-refractivity contribution in [3.8, 4) is 0 Å². The molecule has 0 amide bonds. The first-order valence-electron chi connectivity index (χ1n) is 4.34. The zero-order valence-corrected chi connectivity index (χ0v) is 10.6. The maximum atomic E-state index is 11.1. The lowest BCUT2D eigenvalue weighted by molar-refractivity contribution is 0.481. The van der Waals surface area contributed by atoms with Gasteiger partial charge in [0.15, 0.2) is 0 Å². The number of benzene rings is 1. The van der Waals surface area contributed by atoms with Crippen LogP contribution in [0.2, 0.25) is 0 Å². The van der Waals surface area contributed by atoms with Crippen molar-refractivity contribution >= 4 is 25.9 Å². The Bertz CT molecular complexity index is 594. The summed E-state index contributed by atoms with van der Waals surface area (Å²) < 4.78 is 62.3. The van der Waals surface area contributed by atoms with Crippen LogP contribution in [-0.2, 0) is 20.2 Å². The van der Waals surface area contributed by atoms with E-state index in [0.717, 1.165) is 12.1 Å². The quantitative estimate of drug-likeness (QED) is 0.691. The molecule has 0 saturated carbocycles. The van der Waals surface area contributed by atoms with Crippen molar-refractivity contribution in [1.29, 1.82) is 0 Å². The lowest BCUT2D eigenvalue weighted by atomic mass is 10.2. The van der Waals surface area contributed by atoms with E-state index in [0.29, 0.717) is 0 Å². The highest BCUT2D eigenvalue weighted by atomic mass is 32.2. The summed E-state index contributed by atoms with van der Waals surface area (Å²) >= 11 is 0. The van der Waals surface area contributed by atoms with Gasteiger partial charge in [0, 0.05) is 7.05 Å². The average Bonchev–Trinajstić information content (AvgIpc) is 2.13. The van der Waals surface area contributed by atoms with Gasteiger partial charge in [0.05, 0.1) is 5.69 Å². The van der Waals surface area contributed by atoms with Crippen molar-refractivity contribution in [2.75, 3.05) is 12.4 Å². The average molecular weight is 281 g/mol. The van der Waals surface area contributed by atoms with Crippen molar-refractivity contribution in [3.63, 3.8) is 0 Å². The zero-order valence-electron chi connectivity index (χ0n) is 9.00. The Kier molecular flexibility index (Phi) is 3.48. The molecule has 0 saturated heterocycles. The second kappa shape index (κ2) is 4.26. The van der Waals surface area contributed by atoms with E-state index in [2.05, 4.69) is 5.32 Å². The van der Waals surface area contributed by atoms with Gasteiger partial charge in [-0.15, -0.1) is 0 Å². The molecule has 0 atom stereocenters. The third-order valence-corrected chi connectivity index (χ3v) is 3.77. The van der Waals surface area contributed by atoms with Crippen LogP contribution in [0, 0.1) is 6.92 Å². The topological polar surface area (TPSA) is 121 Å². The minimum Gasteiger partial charge on any atom is -0.386 e. The second-order valence-electron chi connectivity index (χ2n) is 3.34. The van der Waals surface area contributed by atoms with Crippen LogP contribution in [0.1, 0.15) is 5.56 Å². The maximum absolute atomic E-state index is 11.1. The summed E-state index contributed by atoms with van der Waals surface area (Å²) in [5.74, 6) is 0. The van der Waals surface area contributed by atoms with E-state index in [-0.39, 0.29) is 11.3 Å². The first-order chi connectivity index (χ1) is 7.57. The van der Waals surface area contributed by atoms with Crippen LogP contribution in [0.25, 0.3) is 0 Å². The molecule has 0 unspecified atom stereocenters. The molecule has 9 heteroatoms. The molecule has 1 rings (SSSR count). The van der Waals surface area contributed by atoms with E-state index in [1.807, 2.05) is 0 Å². The molecule has 0 aromatic heterocycles. The summed E-state index contributed by atoms with van der Waals surface area (Å²) in [6.07, 6.45) is 0. The Hall–Kier alpha value is -1.16. The van der Waals surface area contributed by atoms with Crippen LogP contribution in [-0.4, -0.2) is 33.0 Å². The Labute approximate surface area is 99.0 Å². The SMILES string of the molecule is CNc1c(S(=O)(=O)O)cc(C)cc1S(=O)(=O)O. The smallest absolute Gasteiger partial charge is 0.296 e. The van der Waals surface area contributed by atoms with Crippen LogP contribution in [0.5, 0.6) is 0 Å². The highest BCUT2D eigenvalue weighted by molar-refractivity contribution is 7.87. The number of aryl methyl sites for hydroxylation is 1. The number of hydrogen-bond acceptors (Lipinski definition) is 5. The molecule has 0 heterocycles. The Morgan fingerprint density at radius 2 is 1.35 bits per heavy atom. The molecule has 0 radical (unpaired) electrons. The van der Waals surface area contributed by atoms with Gasteiger partial charge in [-0.1, -0.05) is 0 Å². The molecule has 0 fully saturated rings. The summed E-state index contributed by atoms with van der Waals surface area (Å²) in [6.45, 7) is 1.43. The van der Waals surface area contributed by atoms with E-state index in [9.17, 15) is 16.8 Å². The van der Waals surface area contributed by atoms with Crippen LogP contribution in [0.15, 0.2) is 21.9 Å². The highest BCUT2D eigenvalue weighted by Gasteiger charge is 2.24. The molecule has 1 aromatic rings. The van der Waals surface area contributed by atoms with Crippen molar-refractivity contribution in [2.45, 2.75) is 16.7 Å². The van der Waals surface area contributed by atoms with Gasteiger partial charge in [-0.2, -0.15) is 16.8 Å². The van der Waals surface area contributed by atoms with Crippen molar-refractivity contribution in [2.24, 2.45) is 0 Å². The largest absolute Gasteiger partial charge is 0.386 e. The van der Waals surface area contributed by atoms with Gasteiger partial charge < -0.3 is 5.32 Å². The molecule has 0 aliphatic carbocycles. The Morgan fingerprint density at radius 3 is 1.59 bits per heavy atom. The van der Waals surface area contributed by atoms with E-state index in [1.54, 1.807) is 0 Å². The molecule has 0 bridgehead atoms. The summed E-state index contributed by atoms with van der Waals surface area (Å²) in [7, 11) is -7.91. The van der Waals surface area contributed by atoms with E-state index in [4.69, 9.17) is 9.11 Å². The number of anilines is 1. The first-order valence-corrected chi connectivity index (χ1v) is 7.22. The lowest BCUT2D eigenvalue weighted by Gasteiger charge is -2.11. The Balaban J connectivity index is 3.83. The van der Waals surface area contributed by atoms with Gasteiger partial charge in [-0.3, -0.25) is 9.11 Å². The molecule has 17 heavy (non-hydrogen) atoms. The van der Waals surface area contributed by atoms with Crippen molar-refractivity contribution in [3.05, 3.63) is 17.7 Å². The van der Waals surface area contributed by atoms with Crippen molar-refractivity contribution < 1.29 is 25.9 Å². The molecule has 0 aliphatic rings. The van der Waals surface area contributed by atoms with Gasteiger partial charge in [0.1, 0.15) is 9.79 Å². The van der Waals surface area contributed by atoms with Gasteiger partial charge in [0.25, 0.3) is 20.2 Å². The van der Waals surface area contributed by atoms with E-state index < -0.39 is 30.0 Å². The van der Waals surface area contributed by atoms with E-state index in [1.165, 1.54) is 14.0 Å². The lowest BCUT2D eigenvalue weighted by Crippen LogP contribution is -2.10. The molecule has 7 nitrogen and oxygen atoms in total. The summed E-state index contributed by atoms with van der Waals surface area (Å²) in [6, 6.07) is 2.19. The third kappa shape index (κ3) is 2.94. The first kappa shape index (κ1) is 13.9. The number of nitrogens with one attached hydrogen (secondary N) is 1. The third-order valence-electron chi connectivity index (χ3n) is 2.02. The Morgan fingerprint density at radius 1 is 1.00 bits per heavy atom. The minimum atomic E-state index is -4.59. The van der Waals surface area contributed by atoms with Gasteiger partial charge >= 0.3 is 0 Å². The summed E-state index contributed by atoms with van der Waals surface area (Å²) in [4.78, 5) is -1.21. The second-order valence-corrected chi connectivity index (χ2v) is 6.12. The zero-order chi connectivity index (χ0) is 13.4. The molecular weight excluding hydrogens is 270 g/mol. The molecule has 3 N–H and O–H groups in total. The van der Waals surface area contributed by atoms with Gasteiger partial charge in [0.2, 0.25) is 0 Å². The minimum absolute atomic E-state index is 0.268. The van der Waals surface area contributed by atoms with E-state index >= 15 is 0 Å². The predicted octanol–water partition coefficient (Wildman–Crippen LogP) is 0.530. The molecule has 0 spiro atoms. The molecule has 1 aromatic carbocycles. The van der Waals surface area contributed by atoms with Crippen molar-refractivity contribution in [1.82, 2.24) is 0 Å². The maximum Gasteiger partial charge on any atom is 0.296 e. The number of rotatable bonds is 3. The molecular formula is C8H11NO6S2. The molecule has 96 valence electrons. The molecule has 0 aliphatic heterocycles. The normalized spacial score (nSPS) is 12.5. The fraction of sp³-hybridized carbons (Fsp3) is 0.250. The van der Waals surface area contributed by atoms with Crippen LogP contribution in [0.4, 0.5) is 5.69 Å². The fourth-order valence-electron chi connectivity index (χ4n) is 1.37. The van der Waals surface area contributed by atoms with Gasteiger partial charge in [-0.25, -0.2) is 0 Å². The highest BCUT2D eigenvalue weighted by Crippen LogP contribution is 2.30. The van der Waals surface area contributed by atoms with Crippen LogP contribution < -0.4 is 5.32 Å². The summed E-state index contributed by atoms with van der Waals surface area (Å²) in [5, 5.41) is 2.33. The standard InChI is InChI=1S/C8H11NO6S2/c1-5-3-6(16(10,11)12)8(9-2)7(4-5)17(13,14)15/h3-4,9H,1-2H3,(H,10,11,12)(H,13,14,15). The van der Waals surface area contributed by atoms with Crippen LogP contribution in [0.3, 0.4) is 0 Å².